The first-order chi connectivity index (χ1) is 13.0. The van der Waals surface area contributed by atoms with Gasteiger partial charge in [-0.15, -0.1) is 0 Å². The fourth-order valence-electron chi connectivity index (χ4n) is 2.32. The smallest absolute Gasteiger partial charge is 0.214 e. The maximum atomic E-state index is 12.6. The molecule has 28 heavy (non-hydrogen) atoms. The van der Waals surface area contributed by atoms with Crippen LogP contribution in [-0.4, -0.2) is 38.8 Å². The molecule has 12 heteroatoms. The first kappa shape index (κ1) is 22.5. The Morgan fingerprint density at radius 1 is 0.714 bits per heavy atom. The topological polar surface area (TPSA) is 139 Å². The Morgan fingerprint density at radius 3 is 1.68 bits per heavy atom. The van der Waals surface area contributed by atoms with Gasteiger partial charge in [0.25, 0.3) is 0 Å². The Morgan fingerprint density at radius 2 is 1.21 bits per heavy atom. The Kier molecular flexibility index (Phi) is 6.96. The average Bonchev–Trinajstić information content (AvgIpc) is 2.67. The molecule has 0 aromatic heterocycles. The second-order valence-electron chi connectivity index (χ2n) is 5.62. The van der Waals surface area contributed by atoms with Crippen molar-refractivity contribution in [2.75, 3.05) is 13.6 Å². The summed E-state index contributed by atoms with van der Waals surface area (Å²) >= 11 is 0. The minimum Gasteiger partial charge on any atom is -0.214 e. The van der Waals surface area contributed by atoms with Gasteiger partial charge in [-0.1, -0.05) is 31.2 Å². The molecular weight excluding hydrogens is 426 g/mol. The molecule has 0 atom stereocenters. The summed E-state index contributed by atoms with van der Waals surface area (Å²) in [7, 11) is -10.4. The molecule has 0 saturated heterocycles. The maximum Gasteiger partial charge on any atom is 0.242 e. The standard InChI is InChI=1S/C16H21N3O6S3/c1-3-18-27(22,23)15-6-4-5-7-16(15)28(24,25)19-12-13-8-10-14(11-9-13)26(20,21)17-2/h4-11,17-19H,3,12H2,1-2H3. The molecule has 9 nitrogen and oxygen atoms in total. The number of nitrogens with one attached hydrogen (secondary N) is 3. The molecule has 0 saturated carbocycles. The predicted molar refractivity (Wildman–Crippen MR) is 104 cm³/mol. The van der Waals surface area contributed by atoms with Crippen LogP contribution in [0.5, 0.6) is 0 Å². The van der Waals surface area contributed by atoms with E-state index in [4.69, 9.17) is 0 Å². The van der Waals surface area contributed by atoms with E-state index in [0.29, 0.717) is 5.56 Å². The third-order valence-electron chi connectivity index (χ3n) is 3.73. The van der Waals surface area contributed by atoms with Gasteiger partial charge in [-0.05, 0) is 36.9 Å². The summed E-state index contributed by atoms with van der Waals surface area (Å²) in [5, 5.41) is 0. The van der Waals surface area contributed by atoms with Gasteiger partial charge in [-0.2, -0.15) is 0 Å². The van der Waals surface area contributed by atoms with Crippen LogP contribution in [0.4, 0.5) is 0 Å². The molecule has 0 fully saturated rings. The van der Waals surface area contributed by atoms with E-state index in [1.807, 2.05) is 0 Å². The molecule has 2 aromatic rings. The summed E-state index contributed by atoms with van der Waals surface area (Å²) in [6.45, 7) is 1.56. The highest BCUT2D eigenvalue weighted by molar-refractivity contribution is 7.92. The van der Waals surface area contributed by atoms with E-state index in [9.17, 15) is 25.3 Å². The third kappa shape index (κ3) is 5.16. The Balaban J connectivity index is 2.26. The van der Waals surface area contributed by atoms with E-state index < -0.39 is 30.1 Å². The molecule has 154 valence electrons. The van der Waals surface area contributed by atoms with E-state index in [2.05, 4.69) is 14.2 Å². The van der Waals surface area contributed by atoms with Crippen LogP contribution in [0.2, 0.25) is 0 Å². The number of benzene rings is 2. The SMILES string of the molecule is CCNS(=O)(=O)c1ccccc1S(=O)(=O)NCc1ccc(S(=O)(=O)NC)cc1. The Labute approximate surface area is 165 Å². The van der Waals surface area contributed by atoms with Crippen LogP contribution in [0, 0.1) is 0 Å². The molecule has 0 aliphatic rings. The van der Waals surface area contributed by atoms with Gasteiger partial charge in [0.15, 0.2) is 0 Å². The average molecular weight is 448 g/mol. The maximum absolute atomic E-state index is 12.6. The molecule has 0 bridgehead atoms. The summed E-state index contributed by atoms with van der Waals surface area (Å²) in [5.74, 6) is 0. The van der Waals surface area contributed by atoms with Gasteiger partial charge in [0.2, 0.25) is 30.1 Å². The highest BCUT2D eigenvalue weighted by Crippen LogP contribution is 2.21. The number of rotatable bonds is 9. The lowest BCUT2D eigenvalue weighted by molar-refractivity contribution is 0.568. The summed E-state index contributed by atoms with van der Waals surface area (Å²) in [6, 6.07) is 10.9. The molecule has 0 heterocycles. The summed E-state index contributed by atoms with van der Waals surface area (Å²) < 4.78 is 80.0. The van der Waals surface area contributed by atoms with Crippen LogP contribution < -0.4 is 14.2 Å². The van der Waals surface area contributed by atoms with Crippen LogP contribution in [0.3, 0.4) is 0 Å². The number of hydrogen-bond donors (Lipinski definition) is 3. The van der Waals surface area contributed by atoms with Crippen molar-refractivity contribution < 1.29 is 25.3 Å². The van der Waals surface area contributed by atoms with Crippen LogP contribution >= 0.6 is 0 Å². The summed E-state index contributed by atoms with van der Waals surface area (Å²) in [5.41, 5.74) is 0.505. The lowest BCUT2D eigenvalue weighted by atomic mass is 10.2. The van der Waals surface area contributed by atoms with Gasteiger partial charge in [0, 0.05) is 13.1 Å². The fraction of sp³-hybridized carbons (Fsp3) is 0.250. The molecule has 0 radical (unpaired) electrons. The largest absolute Gasteiger partial charge is 0.242 e. The summed E-state index contributed by atoms with van der Waals surface area (Å²) in [4.78, 5) is -0.672. The first-order valence-corrected chi connectivity index (χ1v) is 12.6. The Bertz CT molecular complexity index is 1140. The molecular formula is C16H21N3O6S3. The molecule has 3 N–H and O–H groups in total. The zero-order valence-electron chi connectivity index (χ0n) is 15.2. The van der Waals surface area contributed by atoms with Crippen molar-refractivity contribution in [1.29, 1.82) is 0 Å². The number of sulfonamides is 3. The van der Waals surface area contributed by atoms with Crippen molar-refractivity contribution in [2.24, 2.45) is 0 Å². The summed E-state index contributed by atoms with van der Waals surface area (Å²) in [6.07, 6.45) is 0. The fourth-order valence-corrected chi connectivity index (χ4v) is 5.94. The highest BCUT2D eigenvalue weighted by atomic mass is 32.2. The predicted octanol–water partition coefficient (Wildman–Crippen LogP) is 0.371. The quantitative estimate of drug-likeness (QED) is 0.508. The normalized spacial score (nSPS) is 12.8. The van der Waals surface area contributed by atoms with Crippen molar-refractivity contribution in [3.8, 4) is 0 Å². The van der Waals surface area contributed by atoms with Gasteiger partial charge >= 0.3 is 0 Å². The molecule has 0 amide bonds. The lowest BCUT2D eigenvalue weighted by Crippen LogP contribution is -2.29. The minimum absolute atomic E-state index is 0.0451. The first-order valence-electron chi connectivity index (χ1n) is 8.14. The minimum atomic E-state index is -4.13. The molecule has 0 unspecified atom stereocenters. The van der Waals surface area contributed by atoms with Gasteiger partial charge in [-0.25, -0.2) is 39.4 Å². The van der Waals surface area contributed by atoms with E-state index >= 15 is 0 Å². The molecule has 2 rings (SSSR count). The second-order valence-corrected chi connectivity index (χ2v) is 11.0. The Hall–Kier alpha value is -1.83. The molecule has 0 spiro atoms. The van der Waals surface area contributed by atoms with Gasteiger partial charge in [0.05, 0.1) is 4.90 Å². The van der Waals surface area contributed by atoms with Gasteiger partial charge < -0.3 is 0 Å². The van der Waals surface area contributed by atoms with Gasteiger partial charge in [0.1, 0.15) is 9.79 Å². The molecule has 2 aromatic carbocycles. The highest BCUT2D eigenvalue weighted by Gasteiger charge is 2.25. The van der Waals surface area contributed by atoms with Crippen molar-refractivity contribution in [3.05, 3.63) is 54.1 Å². The molecule has 0 aliphatic carbocycles. The van der Waals surface area contributed by atoms with E-state index in [1.54, 1.807) is 6.92 Å². The van der Waals surface area contributed by atoms with Crippen LogP contribution in [0.15, 0.2) is 63.2 Å². The van der Waals surface area contributed by atoms with Crippen LogP contribution in [-0.2, 0) is 36.6 Å². The second kappa shape index (κ2) is 8.68. The van der Waals surface area contributed by atoms with Crippen molar-refractivity contribution >= 4 is 30.1 Å². The zero-order chi connectivity index (χ0) is 21.0. The van der Waals surface area contributed by atoms with Gasteiger partial charge in [-0.3, -0.25) is 0 Å². The van der Waals surface area contributed by atoms with E-state index in [-0.39, 0.29) is 27.8 Å². The van der Waals surface area contributed by atoms with Crippen LogP contribution in [0.1, 0.15) is 12.5 Å². The van der Waals surface area contributed by atoms with Crippen LogP contribution in [0.25, 0.3) is 0 Å². The third-order valence-corrected chi connectivity index (χ3v) is 8.35. The van der Waals surface area contributed by atoms with Crippen molar-refractivity contribution in [1.82, 2.24) is 14.2 Å². The molecule has 0 aliphatic heterocycles. The van der Waals surface area contributed by atoms with E-state index in [1.165, 1.54) is 55.6 Å². The van der Waals surface area contributed by atoms with E-state index in [0.717, 1.165) is 0 Å². The van der Waals surface area contributed by atoms with Crippen molar-refractivity contribution in [3.63, 3.8) is 0 Å². The monoisotopic (exact) mass is 447 g/mol. The number of hydrogen-bond acceptors (Lipinski definition) is 6. The lowest BCUT2D eigenvalue weighted by Gasteiger charge is -2.12. The zero-order valence-corrected chi connectivity index (χ0v) is 17.7. The van der Waals surface area contributed by atoms with Crippen molar-refractivity contribution in [2.45, 2.75) is 28.2 Å².